The second kappa shape index (κ2) is 16.7. The molecule has 0 aliphatic heterocycles. The summed E-state index contributed by atoms with van der Waals surface area (Å²) in [6.07, 6.45) is 8.11. The van der Waals surface area contributed by atoms with Crippen LogP contribution in [0, 0.1) is 5.41 Å². The monoisotopic (exact) mass is 624 g/mol. The molecule has 0 amide bonds. The molecule has 0 atom stereocenters. The first-order valence-electron chi connectivity index (χ1n) is 16.1. The molecule has 0 heterocycles. The summed E-state index contributed by atoms with van der Waals surface area (Å²) in [5.41, 5.74) is 3.65. The van der Waals surface area contributed by atoms with Gasteiger partial charge in [0, 0.05) is 0 Å². The van der Waals surface area contributed by atoms with E-state index in [1.165, 1.54) is 16.7 Å². The standard InChI is InChI=1S/C36H54BO6P/c1-8-44(9-2,10-3,11-4)43-37(38)42-26-12-25-36(27-30-13-19-33(39-5)20-14-30,28-31-15-21-34(40-6)22-16-31)29-32-17-23-35(41-7)24-18-32/h13-24,38H,8-12,25-29H2,1-7H3. The molecular weight excluding hydrogens is 570 g/mol. The molecule has 3 aromatic carbocycles. The third kappa shape index (κ3) is 9.47. The van der Waals surface area contributed by atoms with Gasteiger partial charge in [0.15, 0.2) is 0 Å². The predicted octanol–water partition coefficient (Wildman–Crippen LogP) is 8.07. The molecule has 0 radical (unpaired) electrons. The summed E-state index contributed by atoms with van der Waals surface area (Å²) >= 11 is 0. The fourth-order valence-electron chi connectivity index (χ4n) is 6.54. The number of hydrogen-bond donors (Lipinski definition) is 1. The molecule has 44 heavy (non-hydrogen) atoms. The van der Waals surface area contributed by atoms with Crippen molar-refractivity contribution in [1.82, 2.24) is 0 Å². The summed E-state index contributed by atoms with van der Waals surface area (Å²) in [5, 5.41) is 10.9. The number of methoxy groups -OCH3 is 3. The topological polar surface area (TPSA) is 66.4 Å². The van der Waals surface area contributed by atoms with Gasteiger partial charge >= 0.3 is 231 Å². The van der Waals surface area contributed by atoms with Gasteiger partial charge in [-0.05, 0) is 0 Å². The van der Waals surface area contributed by atoms with E-state index in [-0.39, 0.29) is 5.41 Å². The van der Waals surface area contributed by atoms with E-state index in [0.29, 0.717) is 6.61 Å². The van der Waals surface area contributed by atoms with E-state index in [0.717, 1.165) is 74.0 Å². The van der Waals surface area contributed by atoms with Gasteiger partial charge in [0.25, 0.3) is 0 Å². The van der Waals surface area contributed by atoms with Crippen molar-refractivity contribution >= 4 is 14.2 Å². The molecule has 0 unspecified atom stereocenters. The van der Waals surface area contributed by atoms with Crippen LogP contribution in [0.15, 0.2) is 72.8 Å². The summed E-state index contributed by atoms with van der Waals surface area (Å²) in [5.74, 6) is 2.55. The van der Waals surface area contributed by atoms with Crippen molar-refractivity contribution in [2.24, 2.45) is 5.41 Å². The Labute approximate surface area is 266 Å². The van der Waals surface area contributed by atoms with Crippen LogP contribution in [-0.2, 0) is 28.4 Å². The minimum atomic E-state index is -2.47. The molecule has 0 aromatic heterocycles. The molecule has 0 aliphatic carbocycles. The third-order valence-electron chi connectivity index (χ3n) is 9.91. The van der Waals surface area contributed by atoms with Gasteiger partial charge in [0.1, 0.15) is 0 Å². The van der Waals surface area contributed by atoms with Gasteiger partial charge in [0.05, 0.1) is 21.3 Å². The van der Waals surface area contributed by atoms with Crippen molar-refractivity contribution in [2.75, 3.05) is 52.6 Å². The van der Waals surface area contributed by atoms with Gasteiger partial charge in [-0.3, -0.25) is 0 Å². The fourth-order valence-corrected chi connectivity index (χ4v) is 10.4. The van der Waals surface area contributed by atoms with Crippen LogP contribution in [0.5, 0.6) is 17.2 Å². The molecule has 0 bridgehead atoms. The predicted molar refractivity (Wildman–Crippen MR) is 186 cm³/mol. The first-order chi connectivity index (χ1) is 21.2. The van der Waals surface area contributed by atoms with Gasteiger partial charge < -0.3 is 14.2 Å². The Balaban J connectivity index is 1.88. The first-order valence-corrected chi connectivity index (χ1v) is 19.0. The van der Waals surface area contributed by atoms with Crippen LogP contribution in [0.4, 0.5) is 0 Å². The molecule has 0 aliphatic rings. The molecule has 6 nitrogen and oxygen atoms in total. The average molecular weight is 625 g/mol. The zero-order chi connectivity index (χ0) is 32.1. The molecule has 1 N–H and O–H groups in total. The maximum atomic E-state index is 10.9. The quantitative estimate of drug-likeness (QED) is 0.0780. The Morgan fingerprint density at radius 2 is 0.932 bits per heavy atom. The van der Waals surface area contributed by atoms with Crippen molar-refractivity contribution < 1.29 is 28.3 Å². The zero-order valence-corrected chi connectivity index (χ0v) is 28.9. The molecule has 8 heteroatoms. The van der Waals surface area contributed by atoms with Crippen LogP contribution in [0.25, 0.3) is 0 Å². The maximum absolute atomic E-state index is 10.9. The van der Waals surface area contributed by atoms with E-state index in [4.69, 9.17) is 23.3 Å². The Hall–Kier alpha value is -2.57. The minimum absolute atomic E-state index is 0.119. The summed E-state index contributed by atoms with van der Waals surface area (Å²) in [7, 11) is 3.88. The molecule has 0 spiro atoms. The van der Waals surface area contributed by atoms with Crippen LogP contribution in [0.3, 0.4) is 0 Å². The number of rotatable bonds is 20. The van der Waals surface area contributed by atoms with Crippen molar-refractivity contribution in [3.05, 3.63) is 89.5 Å². The average Bonchev–Trinajstić information content (AvgIpc) is 3.07. The number of ether oxygens (including phenoxy) is 3. The van der Waals surface area contributed by atoms with Crippen LogP contribution >= 0.6 is 6.83 Å². The third-order valence-corrected chi connectivity index (χ3v) is 17.1. The summed E-state index contributed by atoms with van der Waals surface area (Å²) < 4.78 is 28.7. The molecule has 0 saturated carbocycles. The Bertz CT molecular complexity index is 1100. The van der Waals surface area contributed by atoms with Gasteiger partial charge in [-0.1, -0.05) is 0 Å². The van der Waals surface area contributed by atoms with Crippen molar-refractivity contribution in [1.29, 1.82) is 0 Å². The van der Waals surface area contributed by atoms with Crippen LogP contribution in [0.2, 0.25) is 0 Å². The molecular formula is C36H54BO6P. The van der Waals surface area contributed by atoms with E-state index in [9.17, 15) is 5.02 Å². The Morgan fingerprint density at radius 3 is 1.23 bits per heavy atom. The van der Waals surface area contributed by atoms with Gasteiger partial charge in [-0.2, -0.15) is 0 Å². The van der Waals surface area contributed by atoms with Gasteiger partial charge in [-0.25, -0.2) is 0 Å². The van der Waals surface area contributed by atoms with Crippen molar-refractivity contribution in [3.8, 4) is 17.2 Å². The van der Waals surface area contributed by atoms with Crippen LogP contribution in [-0.4, -0.2) is 64.9 Å². The number of benzene rings is 3. The second-order valence-corrected chi connectivity index (χ2v) is 18.5. The van der Waals surface area contributed by atoms with Crippen molar-refractivity contribution in [2.45, 2.75) is 59.8 Å². The first kappa shape index (κ1) is 35.9. The van der Waals surface area contributed by atoms with E-state index in [2.05, 4.69) is 64.1 Å². The fraction of sp³-hybridized carbons (Fsp3) is 0.500. The molecule has 0 saturated heterocycles. The number of hydrogen-bond acceptors (Lipinski definition) is 6. The molecule has 3 aromatic rings. The zero-order valence-electron chi connectivity index (χ0n) is 28.0. The molecule has 0 fully saturated rings. The SMILES string of the molecule is CCP(CC)(CC)(CC)OB(O)OCCCC(Cc1ccc(OC)cc1)(Cc1ccc(OC)cc1)Cc1ccc(OC)cc1. The van der Waals surface area contributed by atoms with Crippen molar-refractivity contribution in [3.63, 3.8) is 0 Å². The van der Waals surface area contributed by atoms with E-state index < -0.39 is 14.2 Å². The molecule has 3 rings (SSSR count). The van der Waals surface area contributed by atoms with Gasteiger partial charge in [0.2, 0.25) is 0 Å². The normalized spacial score (nSPS) is 12.8. The Kier molecular flexibility index (Phi) is 13.6. The van der Waals surface area contributed by atoms with E-state index in [1.54, 1.807) is 21.3 Å². The second-order valence-electron chi connectivity index (χ2n) is 12.1. The summed E-state index contributed by atoms with van der Waals surface area (Å²) in [6, 6.07) is 25.2. The van der Waals surface area contributed by atoms with E-state index >= 15 is 0 Å². The van der Waals surface area contributed by atoms with Gasteiger partial charge in [-0.15, -0.1) is 0 Å². The van der Waals surface area contributed by atoms with E-state index in [1.807, 2.05) is 36.4 Å². The summed E-state index contributed by atoms with van der Waals surface area (Å²) in [6.45, 7) is 6.70. The Morgan fingerprint density at radius 1 is 0.591 bits per heavy atom. The molecule has 242 valence electrons. The van der Waals surface area contributed by atoms with Crippen LogP contribution in [0.1, 0.15) is 57.2 Å². The van der Waals surface area contributed by atoms with Crippen LogP contribution < -0.4 is 14.2 Å². The summed E-state index contributed by atoms with van der Waals surface area (Å²) in [4.78, 5) is 0.